The molecule has 1 aromatic heterocycles. The van der Waals surface area contributed by atoms with E-state index in [-0.39, 0.29) is 11.7 Å². The summed E-state index contributed by atoms with van der Waals surface area (Å²) in [6, 6.07) is 7.84. The van der Waals surface area contributed by atoms with Gasteiger partial charge in [0.1, 0.15) is 10.8 Å². The zero-order valence-electron chi connectivity index (χ0n) is 10.2. The maximum absolute atomic E-state index is 12.9. The predicted molar refractivity (Wildman–Crippen MR) is 72.0 cm³/mol. The maximum Gasteiger partial charge on any atom is 0.173 e. The van der Waals surface area contributed by atoms with E-state index in [0.717, 1.165) is 10.5 Å². The Balaban J connectivity index is 2.40. The molecule has 0 bridgehead atoms. The molecule has 0 saturated carbocycles. The highest BCUT2D eigenvalue weighted by Gasteiger charge is 2.13. The quantitative estimate of drug-likeness (QED) is 0.391. The number of nitrogens with zero attached hydrogens (tertiary/aromatic N) is 2. The fourth-order valence-corrected chi connectivity index (χ4v) is 2.56. The van der Waals surface area contributed by atoms with Gasteiger partial charge in [-0.05, 0) is 42.8 Å². The topological polar surface area (TPSA) is 71.5 Å². The minimum Gasteiger partial charge on any atom is -0.409 e. The number of aryl methyl sites for hydroxylation is 1. The number of benzene rings is 1. The van der Waals surface area contributed by atoms with Gasteiger partial charge in [0.15, 0.2) is 5.84 Å². The van der Waals surface area contributed by atoms with Gasteiger partial charge in [0.2, 0.25) is 0 Å². The SMILES string of the molecule is Cc1ccnc(Sc2ccc(F)cc2)c1/C(N)=N/O. The van der Waals surface area contributed by atoms with E-state index in [0.29, 0.717) is 10.6 Å². The third kappa shape index (κ3) is 3.03. The van der Waals surface area contributed by atoms with Gasteiger partial charge in [0.25, 0.3) is 0 Å². The zero-order chi connectivity index (χ0) is 13.8. The second-order valence-corrected chi connectivity index (χ2v) is 4.91. The lowest BCUT2D eigenvalue weighted by molar-refractivity contribution is 0.318. The van der Waals surface area contributed by atoms with Crippen molar-refractivity contribution in [1.29, 1.82) is 0 Å². The van der Waals surface area contributed by atoms with Gasteiger partial charge in [-0.25, -0.2) is 9.37 Å². The van der Waals surface area contributed by atoms with E-state index >= 15 is 0 Å². The number of hydrogen-bond acceptors (Lipinski definition) is 4. The van der Waals surface area contributed by atoms with Crippen LogP contribution in [0.3, 0.4) is 0 Å². The number of aromatic nitrogens is 1. The first-order valence-corrected chi connectivity index (χ1v) is 6.30. The van der Waals surface area contributed by atoms with Crippen molar-refractivity contribution in [3.8, 4) is 0 Å². The summed E-state index contributed by atoms with van der Waals surface area (Å²) in [4.78, 5) is 5.05. The van der Waals surface area contributed by atoms with Crippen LogP contribution in [0.4, 0.5) is 4.39 Å². The van der Waals surface area contributed by atoms with Crippen LogP contribution in [0, 0.1) is 12.7 Å². The highest BCUT2D eigenvalue weighted by atomic mass is 32.2. The first kappa shape index (κ1) is 13.4. The average molecular weight is 277 g/mol. The zero-order valence-corrected chi connectivity index (χ0v) is 11.0. The fourth-order valence-electron chi connectivity index (χ4n) is 1.59. The summed E-state index contributed by atoms with van der Waals surface area (Å²) in [6.07, 6.45) is 1.65. The molecule has 0 aliphatic rings. The molecule has 0 fully saturated rings. The normalized spacial score (nSPS) is 11.6. The smallest absolute Gasteiger partial charge is 0.173 e. The standard InChI is InChI=1S/C13H12FN3OS/c1-8-6-7-16-13(11(8)12(15)17-18)19-10-4-2-9(14)3-5-10/h2-7,18H,1H3,(H2,15,17). The second kappa shape index (κ2) is 5.71. The summed E-state index contributed by atoms with van der Waals surface area (Å²) in [5, 5.41) is 12.4. The summed E-state index contributed by atoms with van der Waals surface area (Å²) < 4.78 is 12.9. The molecule has 0 unspecified atom stereocenters. The van der Waals surface area contributed by atoms with Crippen LogP contribution < -0.4 is 5.73 Å². The molecule has 2 rings (SSSR count). The molecule has 0 amide bonds. The number of rotatable bonds is 3. The number of nitrogens with two attached hydrogens (primary N) is 1. The number of pyridine rings is 1. The molecule has 0 spiro atoms. The fraction of sp³-hybridized carbons (Fsp3) is 0.0769. The maximum atomic E-state index is 12.9. The van der Waals surface area contributed by atoms with Crippen LogP contribution in [0.5, 0.6) is 0 Å². The Bertz CT molecular complexity index is 614. The first-order chi connectivity index (χ1) is 9.11. The molecule has 4 nitrogen and oxygen atoms in total. The van der Waals surface area contributed by atoms with Crippen molar-refractivity contribution in [2.45, 2.75) is 16.8 Å². The monoisotopic (exact) mass is 277 g/mol. The lowest BCUT2D eigenvalue weighted by Crippen LogP contribution is -2.16. The molecule has 2 aromatic rings. The Morgan fingerprint density at radius 3 is 2.63 bits per heavy atom. The highest BCUT2D eigenvalue weighted by Crippen LogP contribution is 2.30. The summed E-state index contributed by atoms with van der Waals surface area (Å²) in [5.41, 5.74) is 7.10. The second-order valence-electron chi connectivity index (χ2n) is 3.85. The average Bonchev–Trinajstić information content (AvgIpc) is 2.41. The van der Waals surface area contributed by atoms with Gasteiger partial charge < -0.3 is 10.9 Å². The number of amidine groups is 1. The van der Waals surface area contributed by atoms with E-state index in [4.69, 9.17) is 10.9 Å². The van der Waals surface area contributed by atoms with Crippen molar-refractivity contribution in [2.75, 3.05) is 0 Å². The van der Waals surface area contributed by atoms with Crippen LogP contribution in [0.1, 0.15) is 11.1 Å². The van der Waals surface area contributed by atoms with Gasteiger partial charge in [0, 0.05) is 11.1 Å². The molecule has 3 N–H and O–H groups in total. The molecular weight excluding hydrogens is 265 g/mol. The van der Waals surface area contributed by atoms with Crippen LogP contribution in [0.25, 0.3) is 0 Å². The molecule has 1 aromatic carbocycles. The van der Waals surface area contributed by atoms with Crippen LogP contribution >= 0.6 is 11.8 Å². The van der Waals surface area contributed by atoms with Crippen molar-refractivity contribution >= 4 is 17.6 Å². The van der Waals surface area contributed by atoms with Gasteiger partial charge in [-0.15, -0.1) is 0 Å². The molecule has 6 heteroatoms. The van der Waals surface area contributed by atoms with Gasteiger partial charge >= 0.3 is 0 Å². The molecule has 1 heterocycles. The molecule has 0 aliphatic carbocycles. The van der Waals surface area contributed by atoms with Crippen LogP contribution in [-0.2, 0) is 0 Å². The Kier molecular flexibility index (Phi) is 4.01. The molecule has 19 heavy (non-hydrogen) atoms. The number of oxime groups is 1. The van der Waals surface area contributed by atoms with E-state index < -0.39 is 0 Å². The third-order valence-corrected chi connectivity index (χ3v) is 3.53. The summed E-state index contributed by atoms with van der Waals surface area (Å²) in [5.74, 6) is -0.284. The van der Waals surface area contributed by atoms with Gasteiger partial charge in [-0.1, -0.05) is 16.9 Å². The van der Waals surface area contributed by atoms with E-state index in [1.165, 1.54) is 23.9 Å². The lowest BCUT2D eigenvalue weighted by Gasteiger charge is -2.09. The van der Waals surface area contributed by atoms with Gasteiger partial charge in [-0.3, -0.25) is 0 Å². The molecular formula is C13H12FN3OS. The number of halogens is 1. The largest absolute Gasteiger partial charge is 0.409 e. The lowest BCUT2D eigenvalue weighted by atomic mass is 10.1. The molecule has 0 aliphatic heterocycles. The highest BCUT2D eigenvalue weighted by molar-refractivity contribution is 7.99. The van der Waals surface area contributed by atoms with Crippen molar-refractivity contribution in [1.82, 2.24) is 4.98 Å². The Labute approximate surface area is 114 Å². The van der Waals surface area contributed by atoms with E-state index in [2.05, 4.69) is 10.1 Å². The predicted octanol–water partition coefficient (Wildman–Crippen LogP) is 2.77. The molecule has 0 atom stereocenters. The van der Waals surface area contributed by atoms with E-state index in [1.54, 1.807) is 24.4 Å². The summed E-state index contributed by atoms with van der Waals surface area (Å²) >= 11 is 1.33. The van der Waals surface area contributed by atoms with Gasteiger partial charge in [0.05, 0.1) is 5.56 Å². The number of hydrogen-bond donors (Lipinski definition) is 2. The molecule has 0 radical (unpaired) electrons. The van der Waals surface area contributed by atoms with Gasteiger partial charge in [-0.2, -0.15) is 0 Å². The van der Waals surface area contributed by atoms with Crippen LogP contribution in [-0.4, -0.2) is 16.0 Å². The summed E-state index contributed by atoms with van der Waals surface area (Å²) in [7, 11) is 0. The Hall–Kier alpha value is -2.08. The molecule has 98 valence electrons. The van der Waals surface area contributed by atoms with Crippen LogP contribution in [0.2, 0.25) is 0 Å². The van der Waals surface area contributed by atoms with E-state index in [9.17, 15) is 4.39 Å². The minimum atomic E-state index is -0.293. The van der Waals surface area contributed by atoms with Crippen molar-refractivity contribution in [2.24, 2.45) is 10.9 Å². The minimum absolute atomic E-state index is 0.00946. The van der Waals surface area contributed by atoms with E-state index in [1.807, 2.05) is 6.92 Å². The summed E-state index contributed by atoms with van der Waals surface area (Å²) in [6.45, 7) is 1.85. The van der Waals surface area contributed by atoms with Crippen molar-refractivity contribution < 1.29 is 9.60 Å². The Morgan fingerprint density at radius 1 is 1.32 bits per heavy atom. The van der Waals surface area contributed by atoms with Crippen LogP contribution in [0.15, 0.2) is 51.6 Å². The first-order valence-electron chi connectivity index (χ1n) is 5.48. The third-order valence-electron chi connectivity index (χ3n) is 2.52. The van der Waals surface area contributed by atoms with Crippen molar-refractivity contribution in [3.05, 3.63) is 53.5 Å². The molecule has 0 saturated heterocycles. The van der Waals surface area contributed by atoms with Crippen molar-refractivity contribution in [3.63, 3.8) is 0 Å². The Morgan fingerprint density at radius 2 is 2.00 bits per heavy atom.